The van der Waals surface area contributed by atoms with E-state index in [0.29, 0.717) is 19.0 Å². The molecule has 6 heteroatoms. The van der Waals surface area contributed by atoms with Gasteiger partial charge in [-0.1, -0.05) is 0 Å². The van der Waals surface area contributed by atoms with Crippen molar-refractivity contribution in [1.29, 1.82) is 0 Å². The average Bonchev–Trinajstić information content (AvgIpc) is 2.85. The van der Waals surface area contributed by atoms with Crippen molar-refractivity contribution >= 4 is 0 Å². The fourth-order valence-corrected chi connectivity index (χ4v) is 1.63. The number of halogens is 1. The Morgan fingerprint density at radius 1 is 1.33 bits per heavy atom. The maximum atomic E-state index is 13.3. The summed E-state index contributed by atoms with van der Waals surface area (Å²) in [5.41, 5.74) is 0.752. The van der Waals surface area contributed by atoms with Crippen molar-refractivity contribution in [2.45, 2.75) is 6.54 Å². The average molecular weight is 251 g/mol. The number of benzene rings is 1. The molecule has 1 aromatic carbocycles. The highest BCUT2D eigenvalue weighted by atomic mass is 19.1. The van der Waals surface area contributed by atoms with Crippen LogP contribution in [0.1, 0.15) is 0 Å². The van der Waals surface area contributed by atoms with Crippen LogP contribution in [0, 0.1) is 5.82 Å². The first-order valence-corrected chi connectivity index (χ1v) is 5.47. The fourth-order valence-electron chi connectivity index (χ4n) is 1.63. The lowest BCUT2D eigenvalue weighted by atomic mass is 10.2. The van der Waals surface area contributed by atoms with E-state index in [4.69, 9.17) is 9.47 Å². The second kappa shape index (κ2) is 5.59. The molecular formula is C12H14FN3O2. The predicted octanol–water partition coefficient (Wildman–Crippen LogP) is 1.74. The lowest BCUT2D eigenvalue weighted by molar-refractivity contribution is 0.187. The molecule has 0 saturated carbocycles. The van der Waals surface area contributed by atoms with Gasteiger partial charge in [-0.2, -0.15) is 0 Å². The van der Waals surface area contributed by atoms with Crippen LogP contribution >= 0.6 is 0 Å². The Hall–Kier alpha value is -1.95. The van der Waals surface area contributed by atoms with Crippen molar-refractivity contribution in [2.24, 2.45) is 0 Å². The van der Waals surface area contributed by atoms with Crippen molar-refractivity contribution < 1.29 is 13.9 Å². The summed E-state index contributed by atoms with van der Waals surface area (Å²) in [6.07, 6.45) is 1.62. The van der Waals surface area contributed by atoms with Crippen LogP contribution in [0.5, 0.6) is 5.75 Å². The number of methoxy groups -OCH3 is 2. The smallest absolute Gasteiger partial charge is 0.165 e. The van der Waals surface area contributed by atoms with E-state index in [2.05, 4.69) is 10.2 Å². The zero-order valence-electron chi connectivity index (χ0n) is 10.3. The number of hydrogen-bond donors (Lipinski definition) is 0. The van der Waals surface area contributed by atoms with E-state index in [-0.39, 0.29) is 5.75 Å². The zero-order chi connectivity index (χ0) is 13.0. The van der Waals surface area contributed by atoms with Gasteiger partial charge in [0.2, 0.25) is 0 Å². The highest BCUT2D eigenvalue weighted by Crippen LogP contribution is 2.24. The summed E-state index contributed by atoms with van der Waals surface area (Å²) in [7, 11) is 3.06. The Kier molecular flexibility index (Phi) is 3.88. The standard InChI is InChI=1S/C12H14FN3O2/c1-17-6-5-16-8-14-15-12(16)9-3-4-10(13)11(7-9)18-2/h3-4,7-8H,5-6H2,1-2H3. The SMILES string of the molecule is COCCn1cnnc1-c1ccc(F)c(OC)c1. The third kappa shape index (κ3) is 2.48. The Morgan fingerprint density at radius 3 is 2.89 bits per heavy atom. The molecule has 0 N–H and O–H groups in total. The molecule has 0 saturated heterocycles. The number of nitrogens with zero attached hydrogens (tertiary/aromatic N) is 3. The molecule has 18 heavy (non-hydrogen) atoms. The van der Waals surface area contributed by atoms with Crippen molar-refractivity contribution in [3.8, 4) is 17.1 Å². The fraction of sp³-hybridized carbons (Fsp3) is 0.333. The van der Waals surface area contributed by atoms with Crippen molar-refractivity contribution in [3.05, 3.63) is 30.3 Å². The Balaban J connectivity index is 2.33. The predicted molar refractivity (Wildman–Crippen MR) is 63.8 cm³/mol. The number of hydrogen-bond acceptors (Lipinski definition) is 4. The first kappa shape index (κ1) is 12.5. The van der Waals surface area contributed by atoms with Crippen LogP contribution < -0.4 is 4.74 Å². The van der Waals surface area contributed by atoms with Gasteiger partial charge >= 0.3 is 0 Å². The van der Waals surface area contributed by atoms with Gasteiger partial charge < -0.3 is 14.0 Å². The van der Waals surface area contributed by atoms with Gasteiger partial charge in [0.25, 0.3) is 0 Å². The van der Waals surface area contributed by atoms with E-state index in [9.17, 15) is 4.39 Å². The molecule has 0 aliphatic rings. The molecule has 1 heterocycles. The second-order valence-electron chi connectivity index (χ2n) is 3.69. The maximum Gasteiger partial charge on any atom is 0.165 e. The molecule has 0 bridgehead atoms. The van der Waals surface area contributed by atoms with E-state index in [1.54, 1.807) is 25.6 Å². The molecule has 2 aromatic rings. The molecule has 0 aliphatic heterocycles. The number of ether oxygens (including phenoxy) is 2. The topological polar surface area (TPSA) is 49.2 Å². The minimum Gasteiger partial charge on any atom is -0.494 e. The number of aromatic nitrogens is 3. The summed E-state index contributed by atoms with van der Waals surface area (Å²) in [6.45, 7) is 1.20. The third-order valence-corrected chi connectivity index (χ3v) is 2.56. The van der Waals surface area contributed by atoms with Crippen LogP contribution in [0.2, 0.25) is 0 Å². The van der Waals surface area contributed by atoms with Gasteiger partial charge in [0, 0.05) is 19.2 Å². The van der Waals surface area contributed by atoms with Gasteiger partial charge in [-0.25, -0.2) is 4.39 Å². The van der Waals surface area contributed by atoms with Crippen molar-refractivity contribution in [1.82, 2.24) is 14.8 Å². The molecular weight excluding hydrogens is 237 g/mol. The molecule has 0 spiro atoms. The van der Waals surface area contributed by atoms with E-state index in [1.165, 1.54) is 13.2 Å². The first-order valence-electron chi connectivity index (χ1n) is 5.47. The van der Waals surface area contributed by atoms with Crippen molar-refractivity contribution in [2.75, 3.05) is 20.8 Å². The summed E-state index contributed by atoms with van der Waals surface area (Å²) in [5, 5.41) is 7.88. The van der Waals surface area contributed by atoms with Crippen LogP contribution in [0.4, 0.5) is 4.39 Å². The molecule has 0 amide bonds. The summed E-state index contributed by atoms with van der Waals surface area (Å²) in [5.74, 6) is 0.448. The maximum absolute atomic E-state index is 13.3. The molecule has 5 nitrogen and oxygen atoms in total. The Bertz CT molecular complexity index is 528. The summed E-state index contributed by atoms with van der Waals surface area (Å²) in [4.78, 5) is 0. The number of rotatable bonds is 5. The summed E-state index contributed by atoms with van der Waals surface area (Å²) >= 11 is 0. The van der Waals surface area contributed by atoms with E-state index < -0.39 is 5.82 Å². The highest BCUT2D eigenvalue weighted by Gasteiger charge is 2.10. The molecule has 0 unspecified atom stereocenters. The third-order valence-electron chi connectivity index (χ3n) is 2.56. The Morgan fingerprint density at radius 2 is 2.17 bits per heavy atom. The van der Waals surface area contributed by atoms with Crippen LogP contribution in [0.25, 0.3) is 11.4 Å². The molecule has 0 radical (unpaired) electrons. The summed E-state index contributed by atoms with van der Waals surface area (Å²) < 4.78 is 25.1. The molecule has 2 rings (SSSR count). The van der Waals surface area contributed by atoms with Gasteiger partial charge in [-0.3, -0.25) is 0 Å². The molecule has 0 aliphatic carbocycles. The van der Waals surface area contributed by atoms with Crippen molar-refractivity contribution in [3.63, 3.8) is 0 Å². The van der Waals surface area contributed by atoms with E-state index in [1.807, 2.05) is 4.57 Å². The zero-order valence-corrected chi connectivity index (χ0v) is 10.3. The van der Waals surface area contributed by atoms with Gasteiger partial charge in [0.1, 0.15) is 6.33 Å². The van der Waals surface area contributed by atoms with Gasteiger partial charge in [0.05, 0.1) is 13.7 Å². The van der Waals surface area contributed by atoms with Crippen LogP contribution in [-0.2, 0) is 11.3 Å². The quantitative estimate of drug-likeness (QED) is 0.812. The highest BCUT2D eigenvalue weighted by molar-refractivity contribution is 5.57. The first-order chi connectivity index (χ1) is 8.76. The van der Waals surface area contributed by atoms with Crippen LogP contribution in [-0.4, -0.2) is 35.6 Å². The van der Waals surface area contributed by atoms with Crippen LogP contribution in [0.3, 0.4) is 0 Å². The molecule has 96 valence electrons. The Labute approximate surface area is 104 Å². The van der Waals surface area contributed by atoms with Gasteiger partial charge in [-0.05, 0) is 18.2 Å². The molecule has 0 fully saturated rings. The minimum atomic E-state index is -0.399. The van der Waals surface area contributed by atoms with E-state index in [0.717, 1.165) is 5.56 Å². The molecule has 1 aromatic heterocycles. The largest absolute Gasteiger partial charge is 0.494 e. The molecule has 0 atom stereocenters. The minimum absolute atomic E-state index is 0.189. The normalized spacial score (nSPS) is 10.6. The van der Waals surface area contributed by atoms with Gasteiger partial charge in [0.15, 0.2) is 17.4 Å². The summed E-state index contributed by atoms with van der Waals surface area (Å²) in [6, 6.07) is 4.59. The lowest BCUT2D eigenvalue weighted by Gasteiger charge is -2.07. The van der Waals surface area contributed by atoms with E-state index >= 15 is 0 Å². The second-order valence-corrected chi connectivity index (χ2v) is 3.69. The van der Waals surface area contributed by atoms with Gasteiger partial charge in [-0.15, -0.1) is 10.2 Å². The monoisotopic (exact) mass is 251 g/mol. The lowest BCUT2D eigenvalue weighted by Crippen LogP contribution is -2.05. The van der Waals surface area contributed by atoms with Crippen LogP contribution in [0.15, 0.2) is 24.5 Å².